The maximum absolute atomic E-state index is 12.5. The molecule has 1 unspecified atom stereocenters. The molecule has 2 aliphatic heterocycles. The second-order valence-electron chi connectivity index (χ2n) is 7.51. The number of nitrogens with zero attached hydrogens (tertiary/aromatic N) is 1. The number of Topliss-reactive ketones (excluding diaryl/α,β-unsaturated/α-hetero) is 1. The molecule has 1 fully saturated rings. The van der Waals surface area contributed by atoms with Crippen LogP contribution in [-0.4, -0.2) is 49.0 Å². The Morgan fingerprint density at radius 3 is 2.77 bits per heavy atom. The summed E-state index contributed by atoms with van der Waals surface area (Å²) in [5.74, 6) is -0.446. The molecule has 1 N–H and O–H groups in total. The van der Waals surface area contributed by atoms with Crippen molar-refractivity contribution in [3.8, 4) is 11.5 Å². The van der Waals surface area contributed by atoms with Gasteiger partial charge in [0, 0.05) is 47.4 Å². The lowest BCUT2D eigenvalue weighted by Gasteiger charge is -2.22. The lowest BCUT2D eigenvalue weighted by atomic mass is 10.1. The van der Waals surface area contributed by atoms with Gasteiger partial charge in [-0.05, 0) is 18.2 Å². The number of aromatic nitrogens is 1. The number of hydrogen-bond donors (Lipinski definition) is 1. The van der Waals surface area contributed by atoms with E-state index in [1.54, 1.807) is 24.4 Å². The van der Waals surface area contributed by atoms with Crippen molar-refractivity contribution in [2.24, 2.45) is 5.92 Å². The van der Waals surface area contributed by atoms with E-state index in [9.17, 15) is 14.4 Å². The van der Waals surface area contributed by atoms with E-state index in [-0.39, 0.29) is 31.3 Å². The van der Waals surface area contributed by atoms with Gasteiger partial charge in [0.2, 0.25) is 11.7 Å². The number of hydrogen-bond acceptors (Lipinski definition) is 6. The monoisotopic (exact) mass is 420 g/mol. The largest absolute Gasteiger partial charge is 0.486 e. The predicted molar refractivity (Wildman–Crippen MR) is 111 cm³/mol. The Bertz CT molecular complexity index is 1180. The number of carbonyl (C=O) groups excluding carboxylic acids is 3. The Labute approximate surface area is 177 Å². The standard InChI is InChI=1S/C23H20N2O6/c26-19(17-11-24-18-4-2-1-3-16(17)18)13-31-23(28)14-9-22(27)25(12-14)15-5-6-20-21(10-15)30-8-7-29-20/h1-6,10-11,14,24H,7-9,12-13H2. The predicted octanol–water partition coefficient (Wildman–Crippen LogP) is 2.72. The maximum Gasteiger partial charge on any atom is 0.311 e. The molecular formula is C23H20N2O6. The summed E-state index contributed by atoms with van der Waals surface area (Å²) in [4.78, 5) is 42.1. The smallest absolute Gasteiger partial charge is 0.311 e. The zero-order valence-corrected chi connectivity index (χ0v) is 16.6. The van der Waals surface area contributed by atoms with E-state index >= 15 is 0 Å². The van der Waals surface area contributed by atoms with Crippen molar-refractivity contribution in [1.82, 2.24) is 4.98 Å². The molecule has 3 aromatic rings. The zero-order valence-electron chi connectivity index (χ0n) is 16.6. The van der Waals surface area contributed by atoms with Crippen molar-refractivity contribution in [1.29, 1.82) is 0 Å². The minimum absolute atomic E-state index is 0.0363. The van der Waals surface area contributed by atoms with Crippen LogP contribution in [0.1, 0.15) is 16.8 Å². The van der Waals surface area contributed by atoms with Crippen LogP contribution in [0.3, 0.4) is 0 Å². The van der Waals surface area contributed by atoms with Crippen LogP contribution in [0.2, 0.25) is 0 Å². The fraction of sp³-hybridized carbons (Fsp3) is 0.261. The van der Waals surface area contributed by atoms with E-state index < -0.39 is 11.9 Å². The Hall–Kier alpha value is -3.81. The zero-order chi connectivity index (χ0) is 21.4. The normalized spacial score (nSPS) is 17.7. The highest BCUT2D eigenvalue weighted by atomic mass is 16.6. The number of anilines is 1. The van der Waals surface area contributed by atoms with E-state index in [4.69, 9.17) is 14.2 Å². The number of carbonyl (C=O) groups is 3. The van der Waals surface area contributed by atoms with Gasteiger partial charge in [0.25, 0.3) is 0 Å². The molecule has 0 aliphatic carbocycles. The first-order valence-corrected chi connectivity index (χ1v) is 10.1. The van der Waals surface area contributed by atoms with Crippen LogP contribution >= 0.6 is 0 Å². The van der Waals surface area contributed by atoms with Gasteiger partial charge in [0.05, 0.1) is 5.92 Å². The molecule has 1 amide bonds. The van der Waals surface area contributed by atoms with Gasteiger partial charge < -0.3 is 24.1 Å². The second kappa shape index (κ2) is 7.79. The van der Waals surface area contributed by atoms with Crippen LogP contribution < -0.4 is 14.4 Å². The van der Waals surface area contributed by atoms with Gasteiger partial charge in [-0.25, -0.2) is 0 Å². The molecule has 3 heterocycles. The van der Waals surface area contributed by atoms with E-state index in [1.807, 2.05) is 24.3 Å². The lowest BCUT2D eigenvalue weighted by Crippen LogP contribution is -2.27. The van der Waals surface area contributed by atoms with Crippen LogP contribution in [-0.2, 0) is 14.3 Å². The summed E-state index contributed by atoms with van der Waals surface area (Å²) >= 11 is 0. The topological polar surface area (TPSA) is 97.9 Å². The van der Waals surface area contributed by atoms with Crippen molar-refractivity contribution in [2.75, 3.05) is 31.3 Å². The number of H-pyrrole nitrogens is 1. The summed E-state index contributed by atoms with van der Waals surface area (Å²) < 4.78 is 16.3. The molecule has 1 aromatic heterocycles. The van der Waals surface area contributed by atoms with Crippen LogP contribution in [0.15, 0.2) is 48.7 Å². The van der Waals surface area contributed by atoms with Gasteiger partial charge in [0.15, 0.2) is 18.1 Å². The van der Waals surface area contributed by atoms with Crippen molar-refractivity contribution in [3.63, 3.8) is 0 Å². The average molecular weight is 420 g/mol. The minimum Gasteiger partial charge on any atom is -0.486 e. The molecule has 31 heavy (non-hydrogen) atoms. The number of benzene rings is 2. The minimum atomic E-state index is -0.628. The summed E-state index contributed by atoms with van der Waals surface area (Å²) in [5, 5.41) is 0.782. The van der Waals surface area contributed by atoms with E-state index in [0.717, 1.165) is 10.9 Å². The Morgan fingerprint density at radius 2 is 1.90 bits per heavy atom. The molecule has 2 aliphatic rings. The number of rotatable bonds is 5. The molecule has 2 aromatic carbocycles. The van der Waals surface area contributed by atoms with E-state index in [1.165, 1.54) is 4.90 Å². The number of ether oxygens (including phenoxy) is 3. The number of nitrogens with one attached hydrogen (secondary N) is 1. The molecule has 1 atom stereocenters. The molecule has 0 radical (unpaired) electrons. The summed E-state index contributed by atoms with van der Waals surface area (Å²) in [6.07, 6.45) is 1.65. The summed E-state index contributed by atoms with van der Waals surface area (Å²) in [7, 11) is 0. The van der Waals surface area contributed by atoms with Crippen molar-refractivity contribution in [3.05, 3.63) is 54.2 Å². The van der Waals surface area contributed by atoms with Crippen LogP contribution in [0, 0.1) is 5.92 Å². The maximum atomic E-state index is 12.5. The SMILES string of the molecule is O=C(COC(=O)C1CC(=O)N(c2ccc3c(c2)OCCO3)C1)c1c[nH]c2ccccc12. The number of esters is 1. The highest BCUT2D eigenvalue weighted by Gasteiger charge is 2.37. The van der Waals surface area contributed by atoms with Crippen molar-refractivity contribution < 1.29 is 28.6 Å². The molecule has 8 heteroatoms. The summed E-state index contributed by atoms with van der Waals surface area (Å²) in [6, 6.07) is 12.7. The number of aromatic amines is 1. The first kappa shape index (κ1) is 19.2. The third-order valence-electron chi connectivity index (χ3n) is 5.53. The molecule has 1 saturated heterocycles. The fourth-order valence-electron chi connectivity index (χ4n) is 3.95. The molecular weight excluding hydrogens is 400 g/mol. The Balaban J connectivity index is 1.23. The molecule has 5 rings (SSSR count). The fourth-order valence-corrected chi connectivity index (χ4v) is 3.95. The number of ketones is 1. The Morgan fingerprint density at radius 1 is 1.10 bits per heavy atom. The van der Waals surface area contributed by atoms with Crippen LogP contribution in [0.5, 0.6) is 11.5 Å². The van der Waals surface area contributed by atoms with Crippen LogP contribution in [0.25, 0.3) is 10.9 Å². The first-order valence-electron chi connectivity index (χ1n) is 10.1. The molecule has 8 nitrogen and oxygen atoms in total. The number of para-hydroxylation sites is 1. The average Bonchev–Trinajstić information content (AvgIpc) is 3.41. The van der Waals surface area contributed by atoms with Gasteiger partial charge in [-0.2, -0.15) is 0 Å². The molecule has 0 bridgehead atoms. The molecule has 0 spiro atoms. The molecule has 0 saturated carbocycles. The number of fused-ring (bicyclic) bond motifs is 2. The quantitative estimate of drug-likeness (QED) is 0.504. The molecule has 158 valence electrons. The van der Waals surface area contributed by atoms with Gasteiger partial charge in [-0.3, -0.25) is 14.4 Å². The van der Waals surface area contributed by atoms with Gasteiger partial charge in [-0.15, -0.1) is 0 Å². The first-order chi connectivity index (χ1) is 15.1. The summed E-state index contributed by atoms with van der Waals surface area (Å²) in [5.41, 5.74) is 1.96. The van der Waals surface area contributed by atoms with Crippen molar-refractivity contribution in [2.45, 2.75) is 6.42 Å². The van der Waals surface area contributed by atoms with E-state index in [0.29, 0.717) is 36.0 Å². The summed E-state index contributed by atoms with van der Waals surface area (Å²) in [6.45, 7) is 0.762. The van der Waals surface area contributed by atoms with Gasteiger partial charge >= 0.3 is 5.97 Å². The third-order valence-corrected chi connectivity index (χ3v) is 5.53. The Kier molecular flexibility index (Phi) is 4.82. The van der Waals surface area contributed by atoms with E-state index in [2.05, 4.69) is 4.98 Å². The third kappa shape index (κ3) is 3.61. The van der Waals surface area contributed by atoms with Crippen molar-refractivity contribution >= 4 is 34.3 Å². The lowest BCUT2D eigenvalue weighted by molar-refractivity contribution is -0.147. The second-order valence-corrected chi connectivity index (χ2v) is 7.51. The van der Waals surface area contributed by atoms with Gasteiger partial charge in [0.1, 0.15) is 13.2 Å². The number of amides is 1. The van der Waals surface area contributed by atoms with Gasteiger partial charge in [-0.1, -0.05) is 18.2 Å². The van der Waals surface area contributed by atoms with Crippen LogP contribution in [0.4, 0.5) is 5.69 Å². The highest BCUT2D eigenvalue weighted by molar-refractivity contribution is 6.09. The highest BCUT2D eigenvalue weighted by Crippen LogP contribution is 2.36.